The molecule has 1 amide bonds. The van der Waals surface area contributed by atoms with E-state index in [4.69, 9.17) is 15.1 Å². The summed E-state index contributed by atoms with van der Waals surface area (Å²) >= 11 is 0. The van der Waals surface area contributed by atoms with Gasteiger partial charge in [0.1, 0.15) is 28.4 Å². The lowest BCUT2D eigenvalue weighted by Gasteiger charge is -2.28. The van der Waals surface area contributed by atoms with Crippen molar-refractivity contribution in [1.29, 1.82) is 0 Å². The molecule has 0 atom stereocenters. The van der Waals surface area contributed by atoms with E-state index in [0.29, 0.717) is 22.9 Å². The van der Waals surface area contributed by atoms with E-state index >= 15 is 0 Å². The van der Waals surface area contributed by atoms with Gasteiger partial charge in [-0.15, -0.1) is 0 Å². The number of pyridine rings is 1. The zero-order valence-corrected chi connectivity index (χ0v) is 17.1. The lowest BCUT2D eigenvalue weighted by Crippen LogP contribution is -2.32. The molecule has 8 nitrogen and oxygen atoms in total. The number of carbonyl (C=O) groups excluding carboxylic acids is 1. The van der Waals surface area contributed by atoms with E-state index in [2.05, 4.69) is 9.97 Å². The Morgan fingerprint density at radius 1 is 1.20 bits per heavy atom. The normalized spacial score (nSPS) is 19.4. The highest BCUT2D eigenvalue weighted by Gasteiger charge is 2.31. The van der Waals surface area contributed by atoms with Crippen molar-refractivity contribution in [1.82, 2.24) is 24.3 Å². The molecule has 0 spiro atoms. The molecule has 1 aliphatic carbocycles. The molecule has 2 N–H and O–H groups in total. The Labute approximate surface area is 173 Å². The van der Waals surface area contributed by atoms with Gasteiger partial charge in [-0.2, -0.15) is 0 Å². The lowest BCUT2D eigenvalue weighted by atomic mass is 9.81. The predicted molar refractivity (Wildman–Crippen MR) is 114 cm³/mol. The van der Waals surface area contributed by atoms with E-state index in [0.717, 1.165) is 42.5 Å². The second kappa shape index (κ2) is 7.12. The van der Waals surface area contributed by atoms with E-state index in [-0.39, 0.29) is 17.7 Å². The first kappa shape index (κ1) is 18.6. The van der Waals surface area contributed by atoms with Crippen LogP contribution < -0.4 is 5.73 Å². The van der Waals surface area contributed by atoms with Crippen LogP contribution >= 0.6 is 0 Å². The molecule has 0 unspecified atom stereocenters. The average Bonchev–Trinajstić information content (AvgIpc) is 3.35. The van der Waals surface area contributed by atoms with Gasteiger partial charge in [-0.05, 0) is 37.8 Å². The van der Waals surface area contributed by atoms with E-state index in [1.54, 1.807) is 17.3 Å². The van der Waals surface area contributed by atoms with Crippen LogP contribution in [0.3, 0.4) is 0 Å². The first-order valence-corrected chi connectivity index (χ1v) is 10.2. The Morgan fingerprint density at radius 2 is 2.00 bits per heavy atom. The minimum Gasteiger partial charge on any atom is -0.453 e. The third kappa shape index (κ3) is 2.99. The van der Waals surface area contributed by atoms with Gasteiger partial charge in [-0.25, -0.2) is 9.97 Å². The van der Waals surface area contributed by atoms with Crippen molar-refractivity contribution in [3.05, 3.63) is 42.6 Å². The van der Waals surface area contributed by atoms with Gasteiger partial charge < -0.3 is 15.1 Å². The maximum Gasteiger partial charge on any atom is 0.225 e. The van der Waals surface area contributed by atoms with E-state index < -0.39 is 0 Å². The molecule has 1 fully saturated rings. The molecule has 0 radical (unpaired) electrons. The second-order valence-corrected chi connectivity index (χ2v) is 8.13. The van der Waals surface area contributed by atoms with Gasteiger partial charge in [-0.3, -0.25) is 14.2 Å². The number of imidazole rings is 1. The van der Waals surface area contributed by atoms with E-state index in [1.165, 1.54) is 0 Å². The Hall–Kier alpha value is -3.42. The molecule has 4 aromatic heterocycles. The maximum absolute atomic E-state index is 12.3. The molecule has 4 aromatic rings. The number of nitrogens with zero attached hydrogens (tertiary/aromatic N) is 5. The number of aromatic nitrogens is 4. The molecule has 4 heterocycles. The van der Waals surface area contributed by atoms with Crippen LogP contribution in [0.4, 0.5) is 5.82 Å². The Bertz CT molecular complexity index is 1200. The number of rotatable bonds is 3. The van der Waals surface area contributed by atoms with Crippen LogP contribution in [-0.4, -0.2) is 44.3 Å². The highest BCUT2D eigenvalue weighted by molar-refractivity contribution is 5.87. The summed E-state index contributed by atoms with van der Waals surface area (Å²) in [7, 11) is 3.64. The number of hydrogen-bond donors (Lipinski definition) is 1. The number of carbonyl (C=O) groups is 1. The summed E-state index contributed by atoms with van der Waals surface area (Å²) in [6, 6.07) is 5.62. The highest BCUT2D eigenvalue weighted by Crippen LogP contribution is 2.39. The number of anilines is 1. The number of furan rings is 1. The van der Waals surface area contributed by atoms with Crippen molar-refractivity contribution in [2.24, 2.45) is 5.92 Å². The van der Waals surface area contributed by atoms with Crippen LogP contribution in [0.15, 0.2) is 41.2 Å². The Morgan fingerprint density at radius 3 is 2.73 bits per heavy atom. The Balaban J connectivity index is 1.54. The quantitative estimate of drug-likeness (QED) is 0.561. The summed E-state index contributed by atoms with van der Waals surface area (Å²) in [6.45, 7) is 0. The summed E-state index contributed by atoms with van der Waals surface area (Å²) in [4.78, 5) is 27.6. The zero-order chi connectivity index (χ0) is 20.8. The first-order valence-electron chi connectivity index (χ1n) is 10.2. The number of nitrogen functional groups attached to an aromatic ring is 1. The van der Waals surface area contributed by atoms with Gasteiger partial charge in [0, 0.05) is 50.6 Å². The Kier molecular flexibility index (Phi) is 4.42. The molecule has 0 bridgehead atoms. The van der Waals surface area contributed by atoms with Crippen molar-refractivity contribution < 1.29 is 9.21 Å². The summed E-state index contributed by atoms with van der Waals surface area (Å²) in [5.74, 6) is 2.54. The van der Waals surface area contributed by atoms with Crippen molar-refractivity contribution in [2.45, 2.75) is 31.6 Å². The fourth-order valence-electron chi connectivity index (χ4n) is 4.50. The molecule has 1 saturated carbocycles. The van der Waals surface area contributed by atoms with Gasteiger partial charge in [0.05, 0.1) is 0 Å². The fourth-order valence-corrected chi connectivity index (χ4v) is 4.50. The summed E-state index contributed by atoms with van der Waals surface area (Å²) in [5.41, 5.74) is 9.16. The maximum atomic E-state index is 12.3. The third-order valence-corrected chi connectivity index (χ3v) is 6.01. The van der Waals surface area contributed by atoms with Gasteiger partial charge in [0.25, 0.3) is 0 Å². The van der Waals surface area contributed by atoms with Crippen LogP contribution in [0.5, 0.6) is 0 Å². The van der Waals surface area contributed by atoms with Crippen LogP contribution in [0.2, 0.25) is 0 Å². The van der Waals surface area contributed by atoms with E-state index in [1.807, 2.05) is 42.9 Å². The number of hydrogen-bond acceptors (Lipinski definition) is 6. The van der Waals surface area contributed by atoms with Gasteiger partial charge in [-0.1, -0.05) is 0 Å². The minimum atomic E-state index is 0.0927. The van der Waals surface area contributed by atoms with Crippen molar-refractivity contribution in [3.8, 4) is 11.5 Å². The largest absolute Gasteiger partial charge is 0.453 e. The molecule has 8 heteroatoms. The topological polar surface area (TPSA) is 103 Å². The number of amides is 1. The van der Waals surface area contributed by atoms with Crippen LogP contribution in [0.1, 0.15) is 37.4 Å². The first-order chi connectivity index (χ1) is 14.5. The highest BCUT2D eigenvalue weighted by atomic mass is 16.3. The fraction of sp³-hybridized carbons (Fsp3) is 0.364. The van der Waals surface area contributed by atoms with Gasteiger partial charge in [0.2, 0.25) is 5.91 Å². The molecular weight excluding hydrogens is 380 g/mol. The standard InChI is InChI=1S/C22H24N6O2/c1-27(2)22(29)14-7-5-13(6-8-14)21-26-18(19-20(23)25-10-11-28(19)21)17-12-15-16(30-17)4-3-9-24-15/h3-4,9-14H,5-8H2,1-2H3,(H2,23,25). The number of nitrogens with two attached hydrogens (primary N) is 1. The average molecular weight is 404 g/mol. The summed E-state index contributed by atoms with van der Waals surface area (Å²) in [6.07, 6.45) is 8.87. The molecule has 0 aromatic carbocycles. The van der Waals surface area contributed by atoms with Crippen LogP contribution in [0, 0.1) is 5.92 Å². The monoisotopic (exact) mass is 404 g/mol. The van der Waals surface area contributed by atoms with Crippen LogP contribution in [-0.2, 0) is 4.79 Å². The van der Waals surface area contributed by atoms with Crippen molar-refractivity contribution >= 4 is 28.3 Å². The van der Waals surface area contributed by atoms with E-state index in [9.17, 15) is 4.79 Å². The SMILES string of the molecule is CN(C)C(=O)C1CCC(c2nc(-c3cc4ncccc4o3)c3c(N)nccn23)CC1. The van der Waals surface area contributed by atoms with Crippen molar-refractivity contribution in [2.75, 3.05) is 19.8 Å². The molecule has 5 rings (SSSR count). The molecule has 1 aliphatic rings. The van der Waals surface area contributed by atoms with Gasteiger partial charge in [0.15, 0.2) is 11.3 Å². The summed E-state index contributed by atoms with van der Waals surface area (Å²) < 4.78 is 8.05. The smallest absolute Gasteiger partial charge is 0.225 e. The van der Waals surface area contributed by atoms with Crippen molar-refractivity contribution in [3.63, 3.8) is 0 Å². The predicted octanol–water partition coefficient (Wildman–Crippen LogP) is 3.48. The second-order valence-electron chi connectivity index (χ2n) is 8.13. The van der Waals surface area contributed by atoms with Crippen LogP contribution in [0.25, 0.3) is 28.1 Å². The van der Waals surface area contributed by atoms with Gasteiger partial charge >= 0.3 is 0 Å². The third-order valence-electron chi connectivity index (χ3n) is 6.01. The lowest BCUT2D eigenvalue weighted by molar-refractivity contribution is -0.134. The molecule has 154 valence electrons. The molecule has 0 saturated heterocycles. The molecular formula is C22H24N6O2. The zero-order valence-electron chi connectivity index (χ0n) is 17.1. The molecule has 30 heavy (non-hydrogen) atoms. The number of fused-ring (bicyclic) bond motifs is 2. The minimum absolute atomic E-state index is 0.0927. The summed E-state index contributed by atoms with van der Waals surface area (Å²) in [5, 5.41) is 0. The molecule has 0 aliphatic heterocycles.